The second kappa shape index (κ2) is 8.66. The van der Waals surface area contributed by atoms with E-state index >= 15 is 0 Å². The Morgan fingerprint density at radius 1 is 0.938 bits per heavy atom. The van der Waals surface area contributed by atoms with E-state index in [4.69, 9.17) is 0 Å². The molecular weight excluding hydrogens is 419 g/mol. The number of hydrogen-bond donors (Lipinski definition) is 1. The number of nitrogens with zero attached hydrogens (tertiary/aromatic N) is 2. The number of alkyl halides is 3. The van der Waals surface area contributed by atoms with E-state index in [1.165, 1.54) is 23.1 Å². The molecule has 0 aliphatic carbocycles. The number of hydrogen-bond acceptors (Lipinski definition) is 3. The molecule has 2 amide bonds. The van der Waals surface area contributed by atoms with Crippen LogP contribution in [0.5, 0.6) is 0 Å². The highest BCUT2D eigenvalue weighted by molar-refractivity contribution is 6.19. The topological polar surface area (TPSA) is 61.8 Å². The van der Waals surface area contributed by atoms with Gasteiger partial charge in [0.25, 0.3) is 0 Å². The van der Waals surface area contributed by atoms with Crippen molar-refractivity contribution in [3.8, 4) is 0 Å². The molecule has 5 nitrogen and oxygen atoms in total. The summed E-state index contributed by atoms with van der Waals surface area (Å²) < 4.78 is 39.7. The average Bonchev–Trinajstić information content (AvgIpc) is 2.91. The van der Waals surface area contributed by atoms with E-state index in [0.717, 1.165) is 11.6 Å². The molecule has 1 aliphatic heterocycles. The zero-order valence-corrected chi connectivity index (χ0v) is 16.8. The number of benzene rings is 3. The first-order chi connectivity index (χ1) is 15.3. The van der Waals surface area contributed by atoms with Crippen LogP contribution in [0, 0.1) is 0 Å². The number of rotatable bonds is 4. The first kappa shape index (κ1) is 21.3. The first-order valence-corrected chi connectivity index (χ1v) is 9.81. The quantitative estimate of drug-likeness (QED) is 0.610. The maximum atomic E-state index is 13.2. The highest BCUT2D eigenvalue weighted by Gasteiger charge is 2.34. The van der Waals surface area contributed by atoms with Crippen molar-refractivity contribution >= 4 is 34.6 Å². The summed E-state index contributed by atoms with van der Waals surface area (Å²) in [7, 11) is 0. The lowest BCUT2D eigenvalue weighted by Gasteiger charge is -2.22. The van der Waals surface area contributed by atoms with Crippen LogP contribution < -0.4 is 10.2 Å². The lowest BCUT2D eigenvalue weighted by Crippen LogP contribution is -2.38. The van der Waals surface area contributed by atoms with Gasteiger partial charge in [0.15, 0.2) is 0 Å². The Morgan fingerprint density at radius 3 is 2.34 bits per heavy atom. The second-order valence-corrected chi connectivity index (χ2v) is 7.16. The van der Waals surface area contributed by atoms with E-state index in [1.807, 2.05) is 30.3 Å². The van der Waals surface area contributed by atoms with Gasteiger partial charge in [-0.25, -0.2) is 0 Å². The number of aliphatic imine (C=N–C) groups is 1. The number of para-hydroxylation sites is 3. The summed E-state index contributed by atoms with van der Waals surface area (Å²) in [5, 5.41) is 2.29. The maximum absolute atomic E-state index is 13.2. The molecule has 0 fully saturated rings. The fraction of sp³-hybridized carbons (Fsp3) is 0.125. The van der Waals surface area contributed by atoms with Crippen molar-refractivity contribution in [3.63, 3.8) is 0 Å². The lowest BCUT2D eigenvalue weighted by molar-refractivity contribution is -0.137. The van der Waals surface area contributed by atoms with E-state index in [9.17, 15) is 22.8 Å². The van der Waals surface area contributed by atoms with E-state index < -0.39 is 24.2 Å². The van der Waals surface area contributed by atoms with Crippen LogP contribution in [0.3, 0.4) is 0 Å². The molecule has 1 N–H and O–H groups in total. The molecular formula is C24H18F3N3O2. The first-order valence-electron chi connectivity index (χ1n) is 9.81. The minimum atomic E-state index is -4.62. The molecule has 8 heteroatoms. The summed E-state index contributed by atoms with van der Waals surface area (Å²) in [5.41, 5.74) is 0.935. The minimum Gasteiger partial charge on any atom is -0.324 e. The average molecular weight is 437 g/mol. The molecule has 162 valence electrons. The molecule has 0 unspecified atom stereocenters. The zero-order valence-electron chi connectivity index (χ0n) is 16.8. The van der Waals surface area contributed by atoms with Crippen molar-refractivity contribution < 1.29 is 22.8 Å². The summed E-state index contributed by atoms with van der Waals surface area (Å²) in [5.74, 6) is -1.12. The van der Waals surface area contributed by atoms with Crippen LogP contribution in [0.2, 0.25) is 0 Å². The third-order valence-corrected chi connectivity index (χ3v) is 4.96. The standard InChI is InChI=1S/C24H18F3N3O2/c25-24(26,27)17-10-4-5-11-18(17)29-22(31)15-30-21-13-7-6-12-19(21)28-20(14-23(30)32)16-8-2-1-3-9-16/h1-13H,14-15H2,(H,29,31). The zero-order chi connectivity index (χ0) is 22.7. The van der Waals surface area contributed by atoms with Gasteiger partial charge in [0.2, 0.25) is 11.8 Å². The van der Waals surface area contributed by atoms with Gasteiger partial charge in [-0.1, -0.05) is 54.6 Å². The highest BCUT2D eigenvalue weighted by atomic mass is 19.4. The molecule has 0 saturated carbocycles. The summed E-state index contributed by atoms with van der Waals surface area (Å²) >= 11 is 0. The normalized spacial score (nSPS) is 13.8. The van der Waals surface area contributed by atoms with Crippen molar-refractivity contribution in [3.05, 3.63) is 90.0 Å². The third kappa shape index (κ3) is 4.54. The Morgan fingerprint density at radius 2 is 1.59 bits per heavy atom. The largest absolute Gasteiger partial charge is 0.418 e. The van der Waals surface area contributed by atoms with Crippen LogP contribution in [0.25, 0.3) is 0 Å². The molecule has 0 aromatic heterocycles. The van der Waals surface area contributed by atoms with Gasteiger partial charge < -0.3 is 10.2 Å². The van der Waals surface area contributed by atoms with Crippen molar-refractivity contribution in [2.45, 2.75) is 12.6 Å². The van der Waals surface area contributed by atoms with Gasteiger partial charge in [-0.05, 0) is 29.8 Å². The fourth-order valence-corrected chi connectivity index (χ4v) is 3.49. The number of anilines is 2. The second-order valence-electron chi connectivity index (χ2n) is 7.16. The number of halogens is 3. The van der Waals surface area contributed by atoms with Gasteiger partial charge in [0, 0.05) is 0 Å². The molecule has 32 heavy (non-hydrogen) atoms. The summed E-state index contributed by atoms with van der Waals surface area (Å²) in [6.07, 6.45) is -4.67. The molecule has 1 heterocycles. The summed E-state index contributed by atoms with van der Waals surface area (Å²) in [6, 6.07) is 20.8. The van der Waals surface area contributed by atoms with E-state index in [2.05, 4.69) is 10.3 Å². The van der Waals surface area contributed by atoms with Gasteiger partial charge in [0.05, 0.1) is 34.8 Å². The van der Waals surface area contributed by atoms with Crippen LogP contribution in [0.4, 0.5) is 30.2 Å². The highest BCUT2D eigenvalue weighted by Crippen LogP contribution is 2.35. The Labute approximate surface area is 182 Å². The van der Waals surface area contributed by atoms with Gasteiger partial charge >= 0.3 is 6.18 Å². The Hall–Kier alpha value is -3.94. The molecule has 1 aliphatic rings. The molecule has 0 bridgehead atoms. The fourth-order valence-electron chi connectivity index (χ4n) is 3.49. The van der Waals surface area contributed by atoms with Gasteiger partial charge in [-0.3, -0.25) is 14.6 Å². The van der Waals surface area contributed by atoms with E-state index in [-0.39, 0.29) is 18.0 Å². The van der Waals surface area contributed by atoms with Crippen LogP contribution in [-0.4, -0.2) is 24.1 Å². The number of fused-ring (bicyclic) bond motifs is 1. The van der Waals surface area contributed by atoms with Crippen LogP contribution >= 0.6 is 0 Å². The lowest BCUT2D eigenvalue weighted by atomic mass is 10.1. The van der Waals surface area contributed by atoms with E-state index in [0.29, 0.717) is 17.1 Å². The molecule has 4 rings (SSSR count). The molecule has 0 spiro atoms. The number of carbonyl (C=O) groups is 2. The Bertz CT molecular complexity index is 1190. The predicted octanol–water partition coefficient (Wildman–Crippen LogP) is 5.20. The molecule has 3 aromatic carbocycles. The van der Waals surface area contributed by atoms with Crippen molar-refractivity contribution in [1.29, 1.82) is 0 Å². The van der Waals surface area contributed by atoms with Crippen molar-refractivity contribution in [1.82, 2.24) is 0 Å². The SMILES string of the molecule is O=C(CN1C(=O)CC(c2ccccc2)=Nc2ccccc21)Nc1ccccc1C(F)(F)F. The number of amides is 2. The summed E-state index contributed by atoms with van der Waals surface area (Å²) in [4.78, 5) is 31.6. The van der Waals surface area contributed by atoms with Crippen molar-refractivity contribution in [2.24, 2.45) is 4.99 Å². The van der Waals surface area contributed by atoms with Crippen molar-refractivity contribution in [2.75, 3.05) is 16.8 Å². The molecule has 0 atom stereocenters. The third-order valence-electron chi connectivity index (χ3n) is 4.96. The minimum absolute atomic E-state index is 0.0505. The van der Waals surface area contributed by atoms with Crippen LogP contribution in [0.1, 0.15) is 17.5 Å². The van der Waals surface area contributed by atoms with Gasteiger partial charge in [-0.15, -0.1) is 0 Å². The number of carbonyl (C=O) groups excluding carboxylic acids is 2. The molecule has 3 aromatic rings. The van der Waals surface area contributed by atoms with Crippen LogP contribution in [0.15, 0.2) is 83.9 Å². The maximum Gasteiger partial charge on any atom is 0.418 e. The van der Waals surface area contributed by atoms with E-state index in [1.54, 1.807) is 24.3 Å². The van der Waals surface area contributed by atoms with Gasteiger partial charge in [-0.2, -0.15) is 13.2 Å². The van der Waals surface area contributed by atoms with Crippen LogP contribution in [-0.2, 0) is 15.8 Å². The molecule has 0 radical (unpaired) electrons. The smallest absolute Gasteiger partial charge is 0.324 e. The monoisotopic (exact) mass is 437 g/mol. The Balaban J connectivity index is 1.61. The number of nitrogens with one attached hydrogen (secondary N) is 1. The van der Waals surface area contributed by atoms with Gasteiger partial charge in [0.1, 0.15) is 6.54 Å². The predicted molar refractivity (Wildman–Crippen MR) is 116 cm³/mol. The molecule has 0 saturated heterocycles. The Kier molecular flexibility index (Phi) is 5.77. The summed E-state index contributed by atoms with van der Waals surface area (Å²) in [6.45, 7) is -0.445.